The number of aliphatic hydroxyl groups is 1. The fourth-order valence-electron chi connectivity index (χ4n) is 1.88. The van der Waals surface area contributed by atoms with Crippen LogP contribution < -0.4 is 5.32 Å². The van der Waals surface area contributed by atoms with Crippen LogP contribution in [0.15, 0.2) is 18.3 Å². The Bertz CT molecular complexity index is 455. The van der Waals surface area contributed by atoms with Crippen molar-refractivity contribution in [2.45, 2.75) is 25.0 Å². The van der Waals surface area contributed by atoms with E-state index in [2.05, 4.69) is 10.3 Å². The van der Waals surface area contributed by atoms with Crippen molar-refractivity contribution in [2.24, 2.45) is 0 Å². The van der Waals surface area contributed by atoms with E-state index >= 15 is 0 Å². The summed E-state index contributed by atoms with van der Waals surface area (Å²) in [5.74, 6) is -1.15. The molecule has 1 aromatic rings. The average Bonchev–Trinajstić information content (AvgIpc) is 2.67. The van der Waals surface area contributed by atoms with Crippen molar-refractivity contribution < 1.29 is 19.0 Å². The monoisotopic (exact) mass is 254 g/mol. The molecule has 2 heterocycles. The third-order valence-electron chi connectivity index (χ3n) is 3.20. The highest BCUT2D eigenvalue weighted by atomic mass is 19.1. The van der Waals surface area contributed by atoms with E-state index in [0.29, 0.717) is 13.0 Å². The number of nitrogens with zero attached hydrogens (tertiary/aromatic N) is 1. The highest BCUT2D eigenvalue weighted by Crippen LogP contribution is 2.24. The molecule has 1 aromatic heterocycles. The number of halogens is 1. The van der Waals surface area contributed by atoms with Crippen molar-refractivity contribution in [1.29, 1.82) is 0 Å². The van der Waals surface area contributed by atoms with Gasteiger partial charge in [0.25, 0.3) is 5.91 Å². The van der Waals surface area contributed by atoms with Gasteiger partial charge in [-0.3, -0.25) is 4.79 Å². The smallest absolute Gasteiger partial charge is 0.251 e. The number of amides is 1. The van der Waals surface area contributed by atoms with E-state index in [4.69, 9.17) is 4.74 Å². The Kier molecular flexibility index (Phi) is 3.58. The van der Waals surface area contributed by atoms with E-state index in [-0.39, 0.29) is 18.2 Å². The second-order valence-electron chi connectivity index (χ2n) is 4.42. The van der Waals surface area contributed by atoms with Gasteiger partial charge in [0, 0.05) is 37.4 Å². The summed E-state index contributed by atoms with van der Waals surface area (Å²) in [6.07, 6.45) is 1.37. The second kappa shape index (κ2) is 4.99. The molecule has 6 heteroatoms. The molecular weight excluding hydrogens is 239 g/mol. The molecule has 2 N–H and O–H groups in total. The van der Waals surface area contributed by atoms with Gasteiger partial charge in [-0.25, -0.2) is 4.98 Å². The van der Waals surface area contributed by atoms with E-state index in [1.165, 1.54) is 12.3 Å². The molecule has 0 aromatic carbocycles. The lowest BCUT2D eigenvalue weighted by Gasteiger charge is -2.26. The number of carbonyl (C=O) groups is 1. The largest absolute Gasteiger partial charge is 0.385 e. The maximum atomic E-state index is 12.8. The maximum Gasteiger partial charge on any atom is 0.251 e. The molecule has 18 heavy (non-hydrogen) atoms. The number of nitrogens with one attached hydrogen (secondary N) is 1. The minimum absolute atomic E-state index is 0.0803. The molecule has 1 saturated heterocycles. The van der Waals surface area contributed by atoms with Crippen molar-refractivity contribution in [2.75, 3.05) is 13.2 Å². The SMILES string of the molecule is CC1OCCC1(O)CNC(=O)c1ccnc(F)c1. The van der Waals surface area contributed by atoms with Crippen molar-refractivity contribution in [3.8, 4) is 0 Å². The number of carbonyl (C=O) groups excluding carboxylic acids is 1. The lowest BCUT2D eigenvalue weighted by atomic mass is 9.96. The first kappa shape index (κ1) is 12.9. The van der Waals surface area contributed by atoms with Gasteiger partial charge in [0.2, 0.25) is 5.95 Å². The summed E-state index contributed by atoms with van der Waals surface area (Å²) in [4.78, 5) is 15.1. The summed E-state index contributed by atoms with van der Waals surface area (Å²) in [6, 6.07) is 2.46. The Hall–Kier alpha value is -1.53. The predicted molar refractivity (Wildman–Crippen MR) is 61.5 cm³/mol. The van der Waals surface area contributed by atoms with Gasteiger partial charge < -0.3 is 15.2 Å². The first-order chi connectivity index (χ1) is 8.51. The van der Waals surface area contributed by atoms with E-state index in [1.807, 2.05) is 0 Å². The predicted octanol–water partition coefficient (Wildman–Crippen LogP) is 0.490. The van der Waals surface area contributed by atoms with Crippen LogP contribution in [0.5, 0.6) is 0 Å². The molecule has 1 aliphatic heterocycles. The Balaban J connectivity index is 1.96. The number of hydrogen-bond acceptors (Lipinski definition) is 4. The Morgan fingerprint density at radius 3 is 3.17 bits per heavy atom. The summed E-state index contributed by atoms with van der Waals surface area (Å²) >= 11 is 0. The highest BCUT2D eigenvalue weighted by Gasteiger charge is 2.39. The molecule has 1 fully saturated rings. The summed E-state index contributed by atoms with van der Waals surface area (Å²) in [7, 11) is 0. The fourth-order valence-corrected chi connectivity index (χ4v) is 1.88. The third-order valence-corrected chi connectivity index (χ3v) is 3.20. The third kappa shape index (κ3) is 2.65. The van der Waals surface area contributed by atoms with Crippen LogP contribution in [-0.4, -0.2) is 40.9 Å². The second-order valence-corrected chi connectivity index (χ2v) is 4.42. The lowest BCUT2D eigenvalue weighted by molar-refractivity contribution is -0.0251. The molecule has 5 nitrogen and oxygen atoms in total. The van der Waals surface area contributed by atoms with E-state index in [9.17, 15) is 14.3 Å². The van der Waals surface area contributed by atoms with E-state index in [1.54, 1.807) is 6.92 Å². The van der Waals surface area contributed by atoms with Gasteiger partial charge in [-0.15, -0.1) is 0 Å². The molecule has 2 rings (SSSR count). The first-order valence-electron chi connectivity index (χ1n) is 5.75. The number of aromatic nitrogens is 1. The lowest BCUT2D eigenvalue weighted by Crippen LogP contribution is -2.47. The summed E-state index contributed by atoms with van der Waals surface area (Å²) in [6.45, 7) is 2.31. The van der Waals surface area contributed by atoms with Crippen LogP contribution in [0.2, 0.25) is 0 Å². The van der Waals surface area contributed by atoms with E-state index in [0.717, 1.165) is 6.07 Å². The molecule has 1 amide bonds. The number of rotatable bonds is 3. The van der Waals surface area contributed by atoms with Crippen LogP contribution in [0.3, 0.4) is 0 Å². The van der Waals surface area contributed by atoms with Gasteiger partial charge in [0.15, 0.2) is 0 Å². The van der Waals surface area contributed by atoms with Crippen LogP contribution in [0.1, 0.15) is 23.7 Å². The van der Waals surface area contributed by atoms with Crippen LogP contribution in [0.4, 0.5) is 4.39 Å². The molecule has 2 atom stereocenters. The van der Waals surface area contributed by atoms with Crippen LogP contribution in [0, 0.1) is 5.95 Å². The topological polar surface area (TPSA) is 71.5 Å². The Labute approximate surface area is 104 Å². The Morgan fingerprint density at radius 2 is 2.56 bits per heavy atom. The van der Waals surface area contributed by atoms with Gasteiger partial charge in [-0.1, -0.05) is 0 Å². The van der Waals surface area contributed by atoms with Gasteiger partial charge in [0.05, 0.1) is 6.10 Å². The minimum Gasteiger partial charge on any atom is -0.385 e. The van der Waals surface area contributed by atoms with Gasteiger partial charge >= 0.3 is 0 Å². The number of hydrogen-bond donors (Lipinski definition) is 2. The van der Waals surface area contributed by atoms with Crippen molar-refractivity contribution >= 4 is 5.91 Å². The molecule has 0 spiro atoms. The standard InChI is InChI=1S/C12H15FN2O3/c1-8-12(17,3-5-18-8)7-15-11(16)9-2-4-14-10(13)6-9/h2,4,6,8,17H,3,5,7H2,1H3,(H,15,16). The van der Waals surface area contributed by atoms with Crippen LogP contribution >= 0.6 is 0 Å². The molecule has 2 unspecified atom stereocenters. The van der Waals surface area contributed by atoms with Crippen LogP contribution in [-0.2, 0) is 4.74 Å². The zero-order chi connectivity index (χ0) is 13.2. The van der Waals surface area contributed by atoms with Crippen LogP contribution in [0.25, 0.3) is 0 Å². The van der Waals surface area contributed by atoms with Crippen molar-refractivity contribution in [1.82, 2.24) is 10.3 Å². The normalized spacial score (nSPS) is 27.2. The van der Waals surface area contributed by atoms with E-state index < -0.39 is 17.5 Å². The zero-order valence-corrected chi connectivity index (χ0v) is 10.0. The van der Waals surface area contributed by atoms with Crippen molar-refractivity contribution in [3.05, 3.63) is 29.8 Å². The maximum absolute atomic E-state index is 12.8. The number of ether oxygens (including phenoxy) is 1. The highest BCUT2D eigenvalue weighted by molar-refractivity contribution is 5.94. The van der Waals surface area contributed by atoms with Crippen molar-refractivity contribution in [3.63, 3.8) is 0 Å². The molecule has 0 saturated carbocycles. The average molecular weight is 254 g/mol. The molecule has 1 aliphatic rings. The molecular formula is C12H15FN2O3. The molecule has 0 bridgehead atoms. The zero-order valence-electron chi connectivity index (χ0n) is 10.0. The summed E-state index contributed by atoms with van der Waals surface area (Å²) in [5, 5.41) is 12.8. The summed E-state index contributed by atoms with van der Waals surface area (Å²) in [5.41, 5.74) is -0.876. The van der Waals surface area contributed by atoms with Gasteiger partial charge in [-0.2, -0.15) is 4.39 Å². The van der Waals surface area contributed by atoms with Gasteiger partial charge in [0.1, 0.15) is 5.60 Å². The molecule has 0 aliphatic carbocycles. The van der Waals surface area contributed by atoms with Gasteiger partial charge in [-0.05, 0) is 13.0 Å². The molecule has 0 radical (unpaired) electrons. The minimum atomic E-state index is -1.05. The first-order valence-corrected chi connectivity index (χ1v) is 5.75. The summed E-state index contributed by atoms with van der Waals surface area (Å²) < 4.78 is 18.1. The quantitative estimate of drug-likeness (QED) is 0.770. The Morgan fingerprint density at radius 1 is 1.78 bits per heavy atom. The number of pyridine rings is 1. The molecule has 98 valence electrons. The fraction of sp³-hybridized carbons (Fsp3) is 0.500.